The van der Waals surface area contributed by atoms with Crippen LogP contribution in [-0.4, -0.2) is 49.3 Å². The van der Waals surface area contributed by atoms with E-state index in [2.05, 4.69) is 10.2 Å². The number of aliphatic hydroxyl groups excluding tert-OH is 1. The standard InChI is InChI=1S/C14H21FN2O2/c1-2-19-14-4-3-11(9-12(14)15)13(18)10-17-7-5-16-6-8-17/h3-4,9,13,16,18H,2,5-8,10H2,1H3. The number of halogens is 1. The van der Waals surface area contributed by atoms with E-state index in [1.807, 2.05) is 6.92 Å². The lowest BCUT2D eigenvalue weighted by atomic mass is 10.1. The number of hydrogen-bond acceptors (Lipinski definition) is 4. The second kappa shape index (κ2) is 6.84. The molecule has 5 heteroatoms. The number of benzene rings is 1. The quantitative estimate of drug-likeness (QED) is 0.841. The summed E-state index contributed by atoms with van der Waals surface area (Å²) < 4.78 is 18.9. The molecule has 2 N–H and O–H groups in total. The highest BCUT2D eigenvalue weighted by atomic mass is 19.1. The van der Waals surface area contributed by atoms with Crippen LogP contribution in [0.5, 0.6) is 5.75 Å². The van der Waals surface area contributed by atoms with E-state index < -0.39 is 11.9 Å². The molecule has 1 heterocycles. The van der Waals surface area contributed by atoms with Crippen LogP contribution < -0.4 is 10.1 Å². The Morgan fingerprint density at radius 3 is 2.79 bits per heavy atom. The van der Waals surface area contributed by atoms with Crippen molar-refractivity contribution < 1.29 is 14.2 Å². The van der Waals surface area contributed by atoms with Crippen LogP contribution in [0.1, 0.15) is 18.6 Å². The molecule has 1 aliphatic heterocycles. The van der Waals surface area contributed by atoms with Gasteiger partial charge in [0, 0.05) is 32.7 Å². The van der Waals surface area contributed by atoms with Gasteiger partial charge in [0.05, 0.1) is 12.7 Å². The van der Waals surface area contributed by atoms with Gasteiger partial charge in [-0.15, -0.1) is 0 Å². The number of aliphatic hydroxyl groups is 1. The minimum Gasteiger partial charge on any atom is -0.491 e. The highest BCUT2D eigenvalue weighted by Gasteiger charge is 2.17. The molecule has 1 aromatic carbocycles. The largest absolute Gasteiger partial charge is 0.491 e. The molecule has 1 saturated heterocycles. The van der Waals surface area contributed by atoms with E-state index >= 15 is 0 Å². The summed E-state index contributed by atoms with van der Waals surface area (Å²) in [4.78, 5) is 2.18. The molecule has 1 aliphatic rings. The first-order valence-corrected chi connectivity index (χ1v) is 6.74. The average Bonchev–Trinajstić information content (AvgIpc) is 2.42. The van der Waals surface area contributed by atoms with Crippen molar-refractivity contribution in [2.45, 2.75) is 13.0 Å². The number of nitrogens with zero attached hydrogens (tertiary/aromatic N) is 1. The zero-order valence-electron chi connectivity index (χ0n) is 11.2. The lowest BCUT2D eigenvalue weighted by molar-refractivity contribution is 0.105. The van der Waals surface area contributed by atoms with E-state index in [0.29, 0.717) is 18.7 Å². The van der Waals surface area contributed by atoms with Crippen molar-refractivity contribution in [2.75, 3.05) is 39.3 Å². The maximum absolute atomic E-state index is 13.7. The molecule has 0 aliphatic carbocycles. The van der Waals surface area contributed by atoms with Crippen molar-refractivity contribution in [3.8, 4) is 5.75 Å². The monoisotopic (exact) mass is 268 g/mol. The van der Waals surface area contributed by atoms with Crippen molar-refractivity contribution in [3.05, 3.63) is 29.6 Å². The van der Waals surface area contributed by atoms with Gasteiger partial charge in [0.2, 0.25) is 0 Å². The van der Waals surface area contributed by atoms with Crippen LogP contribution in [-0.2, 0) is 0 Å². The first kappa shape index (κ1) is 14.2. The first-order valence-electron chi connectivity index (χ1n) is 6.74. The molecule has 1 fully saturated rings. The third-order valence-corrected chi connectivity index (χ3v) is 3.28. The summed E-state index contributed by atoms with van der Waals surface area (Å²) in [7, 11) is 0. The number of nitrogens with one attached hydrogen (secondary N) is 1. The Kier molecular flexibility index (Phi) is 5.13. The average molecular weight is 268 g/mol. The molecule has 1 atom stereocenters. The molecule has 4 nitrogen and oxygen atoms in total. The minimum atomic E-state index is -0.664. The summed E-state index contributed by atoms with van der Waals surface area (Å²) in [5, 5.41) is 13.4. The maximum Gasteiger partial charge on any atom is 0.165 e. The fraction of sp³-hybridized carbons (Fsp3) is 0.571. The van der Waals surface area contributed by atoms with Crippen molar-refractivity contribution >= 4 is 0 Å². The van der Waals surface area contributed by atoms with E-state index in [-0.39, 0.29) is 5.75 Å². The summed E-state index contributed by atoms with van der Waals surface area (Å²) in [6.07, 6.45) is -0.664. The Balaban J connectivity index is 1.98. The van der Waals surface area contributed by atoms with E-state index in [0.717, 1.165) is 26.2 Å². The molecule has 0 aromatic heterocycles. The van der Waals surface area contributed by atoms with Crippen LogP contribution in [0.2, 0.25) is 0 Å². The summed E-state index contributed by atoms with van der Waals surface area (Å²) in [5.41, 5.74) is 0.597. The molecule has 2 rings (SSSR count). The van der Waals surface area contributed by atoms with E-state index in [9.17, 15) is 9.50 Å². The Labute approximate surface area is 113 Å². The van der Waals surface area contributed by atoms with Crippen molar-refractivity contribution in [2.24, 2.45) is 0 Å². The smallest absolute Gasteiger partial charge is 0.165 e. The van der Waals surface area contributed by atoms with E-state index in [1.165, 1.54) is 6.07 Å². The van der Waals surface area contributed by atoms with Crippen molar-refractivity contribution in [1.82, 2.24) is 10.2 Å². The summed E-state index contributed by atoms with van der Waals surface area (Å²) >= 11 is 0. The summed E-state index contributed by atoms with van der Waals surface area (Å²) in [6.45, 7) is 6.48. The Hall–Kier alpha value is -1.17. The summed E-state index contributed by atoms with van der Waals surface area (Å²) in [6, 6.07) is 4.66. The number of piperazine rings is 1. The molecular weight excluding hydrogens is 247 g/mol. The minimum absolute atomic E-state index is 0.237. The predicted molar refractivity (Wildman–Crippen MR) is 71.8 cm³/mol. The molecule has 0 spiro atoms. The molecule has 0 amide bonds. The van der Waals surface area contributed by atoms with Crippen LogP contribution in [0, 0.1) is 5.82 Å². The fourth-order valence-electron chi connectivity index (χ4n) is 2.24. The van der Waals surface area contributed by atoms with Crippen LogP contribution in [0.25, 0.3) is 0 Å². The van der Waals surface area contributed by atoms with Gasteiger partial charge in [-0.05, 0) is 24.6 Å². The van der Waals surface area contributed by atoms with Crippen molar-refractivity contribution in [3.63, 3.8) is 0 Å². The maximum atomic E-state index is 13.7. The fourth-order valence-corrected chi connectivity index (χ4v) is 2.24. The number of rotatable bonds is 5. The van der Waals surface area contributed by atoms with Crippen LogP contribution in [0.15, 0.2) is 18.2 Å². The third-order valence-electron chi connectivity index (χ3n) is 3.28. The van der Waals surface area contributed by atoms with E-state index in [1.54, 1.807) is 12.1 Å². The zero-order chi connectivity index (χ0) is 13.7. The second-order valence-corrected chi connectivity index (χ2v) is 4.69. The Bertz CT molecular complexity index is 408. The third kappa shape index (κ3) is 3.89. The highest BCUT2D eigenvalue weighted by Crippen LogP contribution is 2.22. The lowest BCUT2D eigenvalue weighted by Crippen LogP contribution is -2.44. The highest BCUT2D eigenvalue weighted by molar-refractivity contribution is 5.30. The first-order chi connectivity index (χ1) is 9.20. The number of ether oxygens (including phenoxy) is 1. The topological polar surface area (TPSA) is 44.7 Å². The lowest BCUT2D eigenvalue weighted by Gasteiger charge is -2.29. The molecular formula is C14H21FN2O2. The molecule has 1 aromatic rings. The SMILES string of the molecule is CCOc1ccc(C(O)CN2CCNCC2)cc1F. The van der Waals surface area contributed by atoms with Crippen LogP contribution in [0.4, 0.5) is 4.39 Å². The Morgan fingerprint density at radius 1 is 1.42 bits per heavy atom. The van der Waals surface area contributed by atoms with Crippen LogP contribution in [0.3, 0.4) is 0 Å². The molecule has 0 saturated carbocycles. The van der Waals surface area contributed by atoms with Gasteiger partial charge < -0.3 is 15.2 Å². The number of hydrogen-bond donors (Lipinski definition) is 2. The van der Waals surface area contributed by atoms with Gasteiger partial charge in [0.15, 0.2) is 11.6 Å². The van der Waals surface area contributed by atoms with Gasteiger partial charge in [0.25, 0.3) is 0 Å². The van der Waals surface area contributed by atoms with Gasteiger partial charge in [-0.2, -0.15) is 0 Å². The predicted octanol–water partition coefficient (Wildman–Crippen LogP) is 1.16. The Morgan fingerprint density at radius 2 is 2.16 bits per heavy atom. The zero-order valence-corrected chi connectivity index (χ0v) is 11.2. The van der Waals surface area contributed by atoms with Gasteiger partial charge >= 0.3 is 0 Å². The van der Waals surface area contributed by atoms with Gasteiger partial charge in [-0.3, -0.25) is 4.90 Å². The van der Waals surface area contributed by atoms with Gasteiger partial charge in [-0.1, -0.05) is 6.07 Å². The van der Waals surface area contributed by atoms with Crippen molar-refractivity contribution in [1.29, 1.82) is 0 Å². The van der Waals surface area contributed by atoms with E-state index in [4.69, 9.17) is 4.74 Å². The molecule has 19 heavy (non-hydrogen) atoms. The van der Waals surface area contributed by atoms with Gasteiger partial charge in [-0.25, -0.2) is 4.39 Å². The molecule has 106 valence electrons. The molecule has 0 bridgehead atoms. The normalized spacial score (nSPS) is 18.3. The molecule has 0 radical (unpaired) electrons. The molecule has 1 unspecified atom stereocenters. The summed E-state index contributed by atoms with van der Waals surface area (Å²) in [5.74, 6) is -0.181. The number of β-amino-alcohol motifs (C(OH)–C–C–N with tert-alkyl or cyclic N) is 1. The van der Waals surface area contributed by atoms with Gasteiger partial charge in [0.1, 0.15) is 0 Å². The van der Waals surface area contributed by atoms with Crippen LogP contribution >= 0.6 is 0 Å². The second-order valence-electron chi connectivity index (χ2n) is 4.69.